The first-order valence-corrected chi connectivity index (χ1v) is 26.8. The van der Waals surface area contributed by atoms with Gasteiger partial charge in [0, 0.05) is 19.3 Å². The SMILES string of the molecule is CC/C=C\C/C=C\C/C=C\C/C=C\CCCCCCCCCCCCCCCCC(=O)OCC(COC(=O)CCCCCCCC)OC(=O)CCCCCCC/C=C\CCCCC. The van der Waals surface area contributed by atoms with Crippen molar-refractivity contribution < 1.29 is 28.6 Å². The minimum Gasteiger partial charge on any atom is -0.462 e. The van der Waals surface area contributed by atoms with Crippen molar-refractivity contribution >= 4 is 17.9 Å². The Morgan fingerprint density at radius 1 is 0.333 bits per heavy atom. The van der Waals surface area contributed by atoms with E-state index in [-0.39, 0.29) is 31.1 Å². The topological polar surface area (TPSA) is 78.9 Å². The summed E-state index contributed by atoms with van der Waals surface area (Å²) in [6.45, 7) is 6.44. The van der Waals surface area contributed by atoms with Crippen LogP contribution in [0.3, 0.4) is 0 Å². The van der Waals surface area contributed by atoms with E-state index < -0.39 is 6.10 Å². The van der Waals surface area contributed by atoms with Crippen LogP contribution in [0.1, 0.15) is 265 Å². The second kappa shape index (κ2) is 51.7. The molecule has 0 aliphatic rings. The van der Waals surface area contributed by atoms with Crippen LogP contribution < -0.4 is 0 Å². The molecule has 0 radical (unpaired) electrons. The van der Waals surface area contributed by atoms with Crippen molar-refractivity contribution in [3.05, 3.63) is 60.8 Å². The first-order valence-electron chi connectivity index (χ1n) is 26.8. The van der Waals surface area contributed by atoms with Crippen LogP contribution in [0.2, 0.25) is 0 Å². The smallest absolute Gasteiger partial charge is 0.306 e. The molecule has 0 rings (SSSR count). The fourth-order valence-electron chi connectivity index (χ4n) is 7.49. The number of hydrogen-bond donors (Lipinski definition) is 0. The van der Waals surface area contributed by atoms with Gasteiger partial charge in [0.15, 0.2) is 6.10 Å². The predicted octanol–water partition coefficient (Wildman–Crippen LogP) is 17.6. The number of esters is 3. The molecule has 0 bridgehead atoms. The Morgan fingerprint density at radius 3 is 1.02 bits per heavy atom. The molecule has 0 aliphatic carbocycles. The van der Waals surface area contributed by atoms with Crippen molar-refractivity contribution in [2.24, 2.45) is 0 Å². The zero-order valence-electron chi connectivity index (χ0n) is 41.6. The van der Waals surface area contributed by atoms with Crippen molar-refractivity contribution in [3.63, 3.8) is 0 Å². The van der Waals surface area contributed by atoms with Crippen LogP contribution in [-0.4, -0.2) is 37.2 Å². The monoisotopic (exact) mass is 881 g/mol. The quantitative estimate of drug-likeness (QED) is 0.0262. The Morgan fingerprint density at radius 2 is 0.619 bits per heavy atom. The van der Waals surface area contributed by atoms with E-state index in [1.165, 1.54) is 128 Å². The van der Waals surface area contributed by atoms with E-state index in [1.807, 2.05) is 0 Å². The number of unbranched alkanes of at least 4 members (excludes halogenated alkanes) is 27. The largest absolute Gasteiger partial charge is 0.462 e. The lowest BCUT2D eigenvalue weighted by molar-refractivity contribution is -0.167. The zero-order valence-corrected chi connectivity index (χ0v) is 41.6. The summed E-state index contributed by atoms with van der Waals surface area (Å²) >= 11 is 0. The lowest BCUT2D eigenvalue weighted by Crippen LogP contribution is -2.30. The third-order valence-electron chi connectivity index (χ3n) is 11.5. The van der Waals surface area contributed by atoms with Crippen LogP contribution in [0.5, 0.6) is 0 Å². The number of ether oxygens (including phenoxy) is 3. The van der Waals surface area contributed by atoms with Crippen molar-refractivity contribution in [3.8, 4) is 0 Å². The molecule has 1 unspecified atom stereocenters. The van der Waals surface area contributed by atoms with E-state index in [2.05, 4.69) is 81.5 Å². The standard InChI is InChI=1S/C57H100O6/c1-4-7-10-13-16-18-20-22-23-24-25-26-27-28-29-30-31-32-33-34-35-36-38-39-41-44-47-50-56(59)62-53-54(52-61-55(58)49-46-43-15-12-9-6-3)63-57(60)51-48-45-42-40-37-21-19-17-14-11-8-5-2/h7,10,16-19,22-23,25-26,54H,4-6,8-9,11-15,20-21,24,27-53H2,1-3H3/b10-7-,18-16-,19-17-,23-22-,26-25-. The van der Waals surface area contributed by atoms with Crippen LogP contribution in [0.25, 0.3) is 0 Å². The number of allylic oxidation sites excluding steroid dienone is 10. The van der Waals surface area contributed by atoms with Crippen molar-refractivity contribution in [1.82, 2.24) is 0 Å². The number of carbonyl (C=O) groups excluding carboxylic acids is 3. The molecule has 6 heteroatoms. The van der Waals surface area contributed by atoms with Gasteiger partial charge in [0.25, 0.3) is 0 Å². The molecule has 0 spiro atoms. The zero-order chi connectivity index (χ0) is 45.8. The molecule has 0 aromatic rings. The van der Waals surface area contributed by atoms with Crippen molar-refractivity contribution in [1.29, 1.82) is 0 Å². The van der Waals surface area contributed by atoms with E-state index in [4.69, 9.17) is 14.2 Å². The summed E-state index contributed by atoms with van der Waals surface area (Å²) in [6.07, 6.45) is 63.9. The molecule has 0 fully saturated rings. The van der Waals surface area contributed by atoms with Crippen LogP contribution in [0, 0.1) is 0 Å². The third-order valence-corrected chi connectivity index (χ3v) is 11.5. The maximum Gasteiger partial charge on any atom is 0.306 e. The Kier molecular flexibility index (Phi) is 49.4. The molecule has 0 aliphatic heterocycles. The molecule has 0 heterocycles. The molecular weight excluding hydrogens is 781 g/mol. The van der Waals surface area contributed by atoms with Crippen LogP contribution in [0.15, 0.2) is 60.8 Å². The number of rotatable bonds is 48. The van der Waals surface area contributed by atoms with Gasteiger partial charge in [-0.15, -0.1) is 0 Å². The van der Waals surface area contributed by atoms with Gasteiger partial charge in [0.05, 0.1) is 0 Å². The molecule has 0 N–H and O–H groups in total. The average Bonchev–Trinajstić information content (AvgIpc) is 3.28. The van der Waals surface area contributed by atoms with Crippen molar-refractivity contribution in [2.45, 2.75) is 271 Å². The summed E-state index contributed by atoms with van der Waals surface area (Å²) in [5, 5.41) is 0. The summed E-state index contributed by atoms with van der Waals surface area (Å²) in [5.41, 5.74) is 0. The first-order chi connectivity index (χ1) is 31.0. The average molecular weight is 881 g/mol. The highest BCUT2D eigenvalue weighted by Gasteiger charge is 2.19. The maximum absolute atomic E-state index is 12.7. The first kappa shape index (κ1) is 60.1. The van der Waals surface area contributed by atoms with Gasteiger partial charge >= 0.3 is 17.9 Å². The van der Waals surface area contributed by atoms with Crippen LogP contribution in [-0.2, 0) is 28.6 Å². The van der Waals surface area contributed by atoms with Crippen molar-refractivity contribution in [2.75, 3.05) is 13.2 Å². The van der Waals surface area contributed by atoms with E-state index in [9.17, 15) is 14.4 Å². The van der Waals surface area contributed by atoms with Gasteiger partial charge in [-0.3, -0.25) is 14.4 Å². The van der Waals surface area contributed by atoms with Gasteiger partial charge < -0.3 is 14.2 Å². The van der Waals surface area contributed by atoms with Gasteiger partial charge in [-0.1, -0.05) is 223 Å². The summed E-state index contributed by atoms with van der Waals surface area (Å²) < 4.78 is 16.7. The summed E-state index contributed by atoms with van der Waals surface area (Å²) in [4.78, 5) is 37.7. The molecular formula is C57H100O6. The minimum atomic E-state index is -0.772. The molecule has 0 saturated carbocycles. The number of hydrogen-bond acceptors (Lipinski definition) is 6. The predicted molar refractivity (Wildman–Crippen MR) is 270 cm³/mol. The Labute approximate surface area is 390 Å². The van der Waals surface area contributed by atoms with Gasteiger partial charge in [-0.05, 0) is 83.5 Å². The lowest BCUT2D eigenvalue weighted by Gasteiger charge is -2.18. The van der Waals surface area contributed by atoms with E-state index >= 15 is 0 Å². The van der Waals surface area contributed by atoms with Gasteiger partial charge in [0.2, 0.25) is 0 Å². The number of carbonyl (C=O) groups is 3. The van der Waals surface area contributed by atoms with Gasteiger partial charge in [-0.25, -0.2) is 0 Å². The molecule has 6 nitrogen and oxygen atoms in total. The van der Waals surface area contributed by atoms with Gasteiger partial charge in [-0.2, -0.15) is 0 Å². The minimum absolute atomic E-state index is 0.0759. The van der Waals surface area contributed by atoms with E-state index in [1.54, 1.807) is 0 Å². The van der Waals surface area contributed by atoms with Crippen LogP contribution in [0.4, 0.5) is 0 Å². The normalized spacial score (nSPS) is 12.5. The maximum atomic E-state index is 12.7. The molecule has 0 amide bonds. The molecule has 0 aromatic carbocycles. The molecule has 364 valence electrons. The lowest BCUT2D eigenvalue weighted by atomic mass is 10.0. The second-order valence-corrected chi connectivity index (χ2v) is 17.8. The molecule has 0 aromatic heterocycles. The summed E-state index contributed by atoms with van der Waals surface area (Å²) in [7, 11) is 0. The molecule has 0 saturated heterocycles. The van der Waals surface area contributed by atoms with Gasteiger partial charge in [0.1, 0.15) is 13.2 Å². The van der Waals surface area contributed by atoms with Crippen LogP contribution >= 0.6 is 0 Å². The summed E-state index contributed by atoms with van der Waals surface area (Å²) in [5.74, 6) is -0.891. The fraction of sp³-hybridized carbons (Fsp3) is 0.772. The Balaban J connectivity index is 4.05. The third kappa shape index (κ3) is 50.0. The van der Waals surface area contributed by atoms with E-state index in [0.29, 0.717) is 19.3 Å². The fourth-order valence-corrected chi connectivity index (χ4v) is 7.49. The Hall–Kier alpha value is -2.89. The summed E-state index contributed by atoms with van der Waals surface area (Å²) in [6, 6.07) is 0. The molecule has 1 atom stereocenters. The highest BCUT2D eigenvalue weighted by Crippen LogP contribution is 2.15. The molecule has 63 heavy (non-hydrogen) atoms. The highest BCUT2D eigenvalue weighted by molar-refractivity contribution is 5.71. The second-order valence-electron chi connectivity index (χ2n) is 17.8. The highest BCUT2D eigenvalue weighted by atomic mass is 16.6. The Bertz CT molecular complexity index is 1150. The van der Waals surface area contributed by atoms with E-state index in [0.717, 1.165) is 96.3 Å².